The minimum absolute atomic E-state index is 0. The van der Waals surface area contributed by atoms with E-state index < -0.39 is 23.5 Å². The summed E-state index contributed by atoms with van der Waals surface area (Å²) >= 11 is 0. The lowest BCUT2D eigenvalue weighted by Gasteiger charge is -2.52. The van der Waals surface area contributed by atoms with Crippen LogP contribution in [0.5, 0.6) is 5.75 Å². The van der Waals surface area contributed by atoms with Gasteiger partial charge in [0.05, 0.1) is 25.3 Å². The van der Waals surface area contributed by atoms with E-state index in [1.54, 1.807) is 18.2 Å². The Morgan fingerprint density at radius 2 is 1.64 bits per heavy atom. The van der Waals surface area contributed by atoms with Crippen LogP contribution in [-0.2, 0) is 11.3 Å². The summed E-state index contributed by atoms with van der Waals surface area (Å²) in [5.41, 5.74) is 0.609. The van der Waals surface area contributed by atoms with E-state index in [1.807, 2.05) is 0 Å². The van der Waals surface area contributed by atoms with Crippen molar-refractivity contribution in [2.24, 2.45) is 5.92 Å². The van der Waals surface area contributed by atoms with Gasteiger partial charge in [-0.1, -0.05) is 12.1 Å². The number of quaternary nitrogens is 1. The molecule has 0 spiro atoms. The van der Waals surface area contributed by atoms with Crippen molar-refractivity contribution in [1.82, 2.24) is 0 Å². The highest BCUT2D eigenvalue weighted by Crippen LogP contribution is 2.36. The number of amides is 1. The lowest BCUT2D eigenvalue weighted by molar-refractivity contribution is -0.946. The smallest absolute Gasteiger partial charge is 0.415 e. The fourth-order valence-corrected chi connectivity index (χ4v) is 5.48. The molecule has 1 amide bonds. The van der Waals surface area contributed by atoms with Crippen LogP contribution in [0.3, 0.4) is 0 Å². The molecule has 39 heavy (non-hydrogen) atoms. The van der Waals surface area contributed by atoms with Gasteiger partial charge in [-0.25, -0.2) is 22.4 Å². The first-order valence-corrected chi connectivity index (χ1v) is 12.7. The number of anilines is 1. The maximum absolute atomic E-state index is 14.0. The van der Waals surface area contributed by atoms with E-state index in [2.05, 4.69) is 0 Å². The van der Waals surface area contributed by atoms with Gasteiger partial charge in [0, 0.05) is 18.8 Å². The molecule has 0 aromatic heterocycles. The summed E-state index contributed by atoms with van der Waals surface area (Å²) in [5, 5.41) is 0. The minimum Gasteiger partial charge on any atom is -1.00 e. The second-order valence-electron chi connectivity index (χ2n) is 10.1. The molecule has 3 fully saturated rings. The molecule has 0 unspecified atom stereocenters. The molecule has 3 heterocycles. The second kappa shape index (κ2) is 12.4. The van der Waals surface area contributed by atoms with Gasteiger partial charge in [0.25, 0.3) is 0 Å². The van der Waals surface area contributed by atoms with E-state index >= 15 is 0 Å². The largest absolute Gasteiger partial charge is 1.00 e. The van der Waals surface area contributed by atoms with E-state index in [1.165, 1.54) is 41.3 Å². The van der Waals surface area contributed by atoms with Crippen molar-refractivity contribution in [3.8, 4) is 5.75 Å². The van der Waals surface area contributed by atoms with Crippen molar-refractivity contribution in [3.63, 3.8) is 0 Å². The summed E-state index contributed by atoms with van der Waals surface area (Å²) in [6, 6.07) is 14.8. The summed E-state index contributed by atoms with van der Waals surface area (Å²) in [4.78, 5) is 14.7. The average molecular weight is 609 g/mol. The molecule has 3 aliphatic heterocycles. The Morgan fingerprint density at radius 3 is 2.33 bits per heavy atom. The topological polar surface area (TPSA) is 38.8 Å². The molecule has 0 radical (unpaired) electrons. The van der Waals surface area contributed by atoms with Gasteiger partial charge >= 0.3 is 6.09 Å². The highest BCUT2D eigenvalue weighted by molar-refractivity contribution is 5.87. The average Bonchev–Trinajstić information content (AvgIpc) is 2.91. The summed E-state index contributed by atoms with van der Waals surface area (Å²) in [6.07, 6.45) is 0.798. The Hall–Kier alpha value is -3.11. The van der Waals surface area contributed by atoms with Crippen molar-refractivity contribution in [1.29, 1.82) is 0 Å². The van der Waals surface area contributed by atoms with Crippen LogP contribution in [0.25, 0.3) is 0 Å². The predicted molar refractivity (Wildman–Crippen MR) is 134 cm³/mol. The molecule has 3 aromatic rings. The molecular formula is C29H29BrF4N2O3. The third-order valence-corrected chi connectivity index (χ3v) is 7.61. The molecule has 2 bridgehead atoms. The van der Waals surface area contributed by atoms with Crippen LogP contribution in [0.1, 0.15) is 18.4 Å². The molecule has 3 saturated heterocycles. The minimum atomic E-state index is -1.03. The quantitative estimate of drug-likeness (QED) is 0.291. The summed E-state index contributed by atoms with van der Waals surface area (Å²) in [6.45, 7) is 3.60. The molecule has 6 rings (SSSR count). The fraction of sp³-hybridized carbons (Fsp3) is 0.345. The molecule has 0 saturated carbocycles. The monoisotopic (exact) mass is 608 g/mol. The number of rotatable bonds is 8. The van der Waals surface area contributed by atoms with E-state index in [-0.39, 0.29) is 47.1 Å². The van der Waals surface area contributed by atoms with Gasteiger partial charge in [-0.15, -0.1) is 0 Å². The molecule has 1 atom stereocenters. The third-order valence-electron chi connectivity index (χ3n) is 7.61. The van der Waals surface area contributed by atoms with Gasteiger partial charge in [0.1, 0.15) is 37.1 Å². The first-order valence-electron chi connectivity index (χ1n) is 12.7. The van der Waals surface area contributed by atoms with Gasteiger partial charge < -0.3 is 30.9 Å². The number of benzene rings is 3. The number of fused-ring (bicyclic) bond motifs is 3. The number of piperidine rings is 3. The van der Waals surface area contributed by atoms with Gasteiger partial charge in [-0.3, -0.25) is 4.90 Å². The zero-order valence-electron chi connectivity index (χ0n) is 21.2. The standard InChI is InChI=1S/C29H29F4N2O3.BrH/c30-22-5-7-25(8-6-22)37-15-14-35-12-10-21(11-13-35)28(19-35)38-29(36)34(24-3-1-2-23(31)17-24)18-20-4-9-26(32)27(33)16-20;/h1-9,16-17,21,28H,10-15,18-19H2;1H/q+1;/p-1/t21?,28-,35?;/m0./s1. The van der Waals surface area contributed by atoms with Gasteiger partial charge in [0.2, 0.25) is 0 Å². The van der Waals surface area contributed by atoms with E-state index in [0.717, 1.165) is 49.1 Å². The highest BCUT2D eigenvalue weighted by atomic mass is 79.9. The Morgan fingerprint density at radius 1 is 0.897 bits per heavy atom. The van der Waals surface area contributed by atoms with Crippen molar-refractivity contribution < 1.29 is 53.3 Å². The van der Waals surface area contributed by atoms with Crippen LogP contribution >= 0.6 is 0 Å². The van der Waals surface area contributed by atoms with Crippen molar-refractivity contribution in [3.05, 3.63) is 95.6 Å². The Kier molecular flexibility index (Phi) is 9.17. The van der Waals surface area contributed by atoms with Crippen LogP contribution < -0.4 is 26.6 Å². The predicted octanol–water partition coefficient (Wildman–Crippen LogP) is 3.08. The number of hydrogen-bond acceptors (Lipinski definition) is 3. The fourth-order valence-electron chi connectivity index (χ4n) is 5.48. The van der Waals surface area contributed by atoms with Crippen LogP contribution in [-0.4, -0.2) is 49.5 Å². The summed E-state index contributed by atoms with van der Waals surface area (Å²) < 4.78 is 67.0. The zero-order chi connectivity index (χ0) is 26.7. The summed E-state index contributed by atoms with van der Waals surface area (Å²) in [7, 11) is 0. The third kappa shape index (κ3) is 6.91. The molecule has 0 aliphatic carbocycles. The summed E-state index contributed by atoms with van der Waals surface area (Å²) in [5.74, 6) is -2.05. The normalized spacial score (nSPS) is 21.6. The number of hydrogen-bond donors (Lipinski definition) is 0. The van der Waals surface area contributed by atoms with Gasteiger partial charge in [-0.2, -0.15) is 0 Å². The van der Waals surface area contributed by atoms with Crippen LogP contribution in [0, 0.1) is 29.2 Å². The molecule has 3 aromatic carbocycles. The van der Waals surface area contributed by atoms with Gasteiger partial charge in [-0.05, 0) is 60.2 Å². The Balaban J connectivity index is 0.00000353. The van der Waals surface area contributed by atoms with Crippen LogP contribution in [0.4, 0.5) is 28.0 Å². The van der Waals surface area contributed by atoms with Crippen molar-refractivity contribution >= 4 is 11.8 Å². The lowest BCUT2D eigenvalue weighted by atomic mass is 9.83. The maximum atomic E-state index is 14.0. The first-order chi connectivity index (χ1) is 18.3. The Bertz CT molecular complexity index is 1290. The number of nitrogens with zero attached hydrogens (tertiary/aromatic N) is 2. The SMILES string of the molecule is O=C(O[C@H]1C[N+]2(CCOc3ccc(F)cc3)CCC1CC2)N(Cc1ccc(F)c(F)c1)c1cccc(F)c1.[Br-]. The van der Waals surface area contributed by atoms with E-state index in [9.17, 15) is 22.4 Å². The first kappa shape index (κ1) is 28.9. The molecule has 0 N–H and O–H groups in total. The van der Waals surface area contributed by atoms with E-state index in [4.69, 9.17) is 9.47 Å². The lowest BCUT2D eigenvalue weighted by Crippen LogP contribution is -3.00. The zero-order valence-corrected chi connectivity index (χ0v) is 22.8. The Labute approximate surface area is 235 Å². The number of carbonyl (C=O) groups excluding carboxylic acids is 1. The van der Waals surface area contributed by atoms with Crippen LogP contribution in [0.2, 0.25) is 0 Å². The molecule has 5 nitrogen and oxygen atoms in total. The molecular weight excluding hydrogens is 580 g/mol. The van der Waals surface area contributed by atoms with Crippen molar-refractivity contribution in [2.75, 3.05) is 37.7 Å². The number of carbonyl (C=O) groups is 1. The number of halogens is 5. The second-order valence-corrected chi connectivity index (χ2v) is 10.1. The highest BCUT2D eigenvalue weighted by Gasteiger charge is 2.48. The number of ether oxygens (including phenoxy) is 2. The molecule has 3 aliphatic rings. The molecule has 208 valence electrons. The van der Waals surface area contributed by atoms with Crippen molar-refractivity contribution in [2.45, 2.75) is 25.5 Å². The van der Waals surface area contributed by atoms with E-state index in [0.29, 0.717) is 24.5 Å². The van der Waals surface area contributed by atoms with Gasteiger partial charge in [0.15, 0.2) is 17.7 Å². The van der Waals surface area contributed by atoms with Crippen LogP contribution in [0.15, 0.2) is 66.7 Å². The molecule has 10 heteroatoms. The maximum Gasteiger partial charge on any atom is 0.415 e.